The predicted octanol–water partition coefficient (Wildman–Crippen LogP) is 4.06. The number of phenols is 2. The van der Waals surface area contributed by atoms with Gasteiger partial charge in [0, 0.05) is 50.8 Å². The van der Waals surface area contributed by atoms with Gasteiger partial charge in [0.2, 0.25) is 64.3 Å². The fourth-order valence-electron chi connectivity index (χ4n) is 12.1. The van der Waals surface area contributed by atoms with Crippen LogP contribution in [-0.2, 0) is 68.8 Å². The first-order valence-electron chi connectivity index (χ1n) is 34.0. The summed E-state index contributed by atoms with van der Waals surface area (Å²) < 4.78 is 22.7. The zero-order valence-corrected chi connectivity index (χ0v) is 58.7. The Kier molecular flexibility index (Phi) is 27.4. The number of aliphatic hydroxyl groups is 2. The Bertz CT molecular complexity index is 4240. The van der Waals surface area contributed by atoms with E-state index in [2.05, 4.69) is 42.5 Å². The Morgan fingerprint density at radius 2 is 1.02 bits per heavy atom. The topological polar surface area (TPSA) is 500 Å². The number of phenolic OH excluding ortho intramolecular Hbond substituents is 2. The van der Waals surface area contributed by atoms with Gasteiger partial charge in [-0.2, -0.15) is 0 Å². The average molecular weight is 1470 g/mol. The lowest BCUT2D eigenvalue weighted by atomic mass is 9.97. The van der Waals surface area contributed by atoms with Crippen LogP contribution >= 0.6 is 0 Å². The van der Waals surface area contributed by atoms with E-state index in [1.54, 1.807) is 74.5 Å². The molecule has 0 saturated heterocycles. The number of carbonyl (C=O) groups is 9. The second kappa shape index (κ2) is 36.4. The van der Waals surface area contributed by atoms with E-state index in [-0.39, 0.29) is 109 Å². The molecule has 564 valence electrons. The average Bonchev–Trinajstić information content (AvgIpc) is 0.793. The Balaban J connectivity index is 1.02. The normalized spacial score (nSPS) is 18.7. The summed E-state index contributed by atoms with van der Waals surface area (Å²) in [6.45, 7) is 6.95. The summed E-state index contributed by atoms with van der Waals surface area (Å²) in [6, 6.07) is 15.8. The molecule has 8 bridgehead atoms. The number of carboxylic acid groups (broad SMARTS) is 1. The zero-order valence-electron chi connectivity index (χ0n) is 58.7. The van der Waals surface area contributed by atoms with Gasteiger partial charge >= 0.3 is 17.3 Å². The Morgan fingerprint density at radius 3 is 1.44 bits per heavy atom. The van der Waals surface area contributed by atoms with E-state index in [0.29, 0.717) is 11.1 Å². The van der Waals surface area contributed by atoms with Crippen LogP contribution in [0.3, 0.4) is 0 Å². The molecule has 0 aromatic heterocycles. The maximum Gasteiger partial charge on any atom is 0.335 e. The van der Waals surface area contributed by atoms with Gasteiger partial charge < -0.3 is 92.7 Å². The van der Waals surface area contributed by atoms with Gasteiger partial charge in [-0.05, 0) is 107 Å². The van der Waals surface area contributed by atoms with Crippen LogP contribution in [0.2, 0.25) is 0 Å². The molecule has 0 saturated carbocycles. The van der Waals surface area contributed by atoms with Crippen molar-refractivity contribution < 1.29 is 97.5 Å². The number of aliphatic carboxylic acids is 1. The van der Waals surface area contributed by atoms with Crippen LogP contribution in [0.1, 0.15) is 105 Å². The fourth-order valence-corrected chi connectivity index (χ4v) is 12.1. The van der Waals surface area contributed by atoms with Gasteiger partial charge in [-0.25, -0.2) is 4.79 Å². The molecule has 0 unspecified atom stereocenters. The minimum Gasteiger partial charge on any atom is -0.504 e. The number of ether oxygens (including phenoxy) is 4. The van der Waals surface area contributed by atoms with E-state index < -0.39 is 170 Å². The summed E-state index contributed by atoms with van der Waals surface area (Å²) in [4.78, 5) is 151. The molecular weight excluding hydrogens is 1380 g/mol. The molecule has 33 heteroatoms. The van der Waals surface area contributed by atoms with Gasteiger partial charge in [-0.3, -0.25) is 58.6 Å². The number of hydrogen-bond acceptors (Lipinski definition) is 22. The van der Waals surface area contributed by atoms with Crippen molar-refractivity contribution in [1.82, 2.24) is 42.5 Å². The molecule has 4 heterocycles. The zero-order chi connectivity index (χ0) is 77.2. The number of carbonyl (C=O) groups excluding carboxylic acids is 8. The van der Waals surface area contributed by atoms with Crippen LogP contribution in [0.4, 0.5) is 11.4 Å². The van der Waals surface area contributed by atoms with Crippen LogP contribution in [0.5, 0.6) is 46.0 Å². The first-order chi connectivity index (χ1) is 50.4. The van der Waals surface area contributed by atoms with Crippen molar-refractivity contribution in [2.75, 3.05) is 20.8 Å². The van der Waals surface area contributed by atoms with E-state index >= 15 is 0 Å². The van der Waals surface area contributed by atoms with E-state index in [9.17, 15) is 88.9 Å². The predicted molar refractivity (Wildman–Crippen MR) is 378 cm³/mol. The van der Waals surface area contributed by atoms with E-state index in [1.807, 2.05) is 13.8 Å². The number of nitrogens with one attached hydrogen (secondary N) is 8. The fraction of sp³-hybridized carbons (Fsp3) is 0.384. The SMILES string of the molecule is COc1c(O)cc2cc1Oc1ccc(cc1[N+](=O)[O-])C[C@@H](NC(=O)[C@@H](CC(C)C)NC(=O)CCCCNC(=O)[C@@H](O)[C@@H]1NC(=O)[C@H](Cc3ccccc3)NC(=O)[C@H](NC(=O)[C@H](N)CC(C)C)Cc3ccc(c([N+](=O)[O-])c3)Oc3cc1cc(O)c3OC)C(=O)N[C@@H](Cc1ccccc1)C(=O)N[C@H]2[C@H](O)C(=O)O. The number of rotatable bonds is 26. The standard InChI is InChI=1S/C73H85N11O22/c1-37(2)25-45(74)66(90)77-49-29-41-20-22-55(51(31-41)83(99)100)105-57-35-43(33-53(85)64(57)103-5)60(81-70(94)47(78-68(49)92)27-39-15-9-7-10-16-39)62(88)72(96)75-24-14-13-19-59(87)76-46(26-38(3)4)67(91)80-50-30-42-21-23-56(52(32-42)84(101)102)106-58-36-44(34-54(86)65(58)104-6)61(63(89)73(97)98)82-71(95)48(79-69(50)93)28-40-17-11-8-12-18-40/h7-12,15-18,20-23,31-38,45-50,60-63,85-86,88-89H,13-14,19,24-30,74H2,1-6H3,(H,75,96)(H,76,87)(H,77,90)(H,78,92)(H,79,93)(H,80,91)(H,81,94)(H,82,95)(H,97,98)/t45-,46-,47+,48+,49-,50-,60-,61-,62+,63+/m1/s1. The van der Waals surface area contributed by atoms with Crippen LogP contribution in [0, 0.1) is 32.1 Å². The maximum atomic E-state index is 14.8. The third kappa shape index (κ3) is 21.1. The van der Waals surface area contributed by atoms with Crippen LogP contribution in [0.25, 0.3) is 0 Å². The number of benzene rings is 6. The number of carboxylic acids is 1. The minimum absolute atomic E-state index is 0.0149. The highest BCUT2D eigenvalue weighted by Gasteiger charge is 2.39. The summed E-state index contributed by atoms with van der Waals surface area (Å²) in [5, 5.41) is 102. The van der Waals surface area contributed by atoms with Crippen LogP contribution in [-0.4, -0.2) is 158 Å². The van der Waals surface area contributed by atoms with Crippen molar-refractivity contribution in [3.05, 3.63) is 175 Å². The van der Waals surface area contributed by atoms with E-state index in [1.165, 1.54) is 18.2 Å². The molecule has 4 aliphatic heterocycles. The Morgan fingerprint density at radius 1 is 0.575 bits per heavy atom. The summed E-state index contributed by atoms with van der Waals surface area (Å²) in [6.07, 6.45) is -5.95. The third-order valence-electron chi connectivity index (χ3n) is 17.4. The first kappa shape index (κ1) is 79.7. The highest BCUT2D eigenvalue weighted by Crippen LogP contribution is 2.46. The van der Waals surface area contributed by atoms with Crippen LogP contribution < -0.4 is 67.2 Å². The molecule has 0 spiro atoms. The van der Waals surface area contributed by atoms with Gasteiger partial charge in [0.05, 0.1) is 42.2 Å². The van der Waals surface area contributed by atoms with Crippen molar-refractivity contribution >= 4 is 64.6 Å². The number of hydrogen-bond donors (Lipinski definition) is 14. The van der Waals surface area contributed by atoms with Gasteiger partial charge in [0.1, 0.15) is 30.2 Å². The third-order valence-corrected chi connectivity index (χ3v) is 17.4. The molecule has 0 fully saturated rings. The number of unbranched alkanes of at least 4 members (excludes halogenated alkanes) is 1. The maximum absolute atomic E-state index is 14.8. The number of methoxy groups -OCH3 is 2. The number of aromatic hydroxyl groups is 2. The molecular formula is C73H85N11O22. The second-order valence-corrected chi connectivity index (χ2v) is 26.4. The molecule has 33 nitrogen and oxygen atoms in total. The molecule has 4 aliphatic rings. The molecule has 15 N–H and O–H groups in total. The lowest BCUT2D eigenvalue weighted by Gasteiger charge is -2.29. The minimum atomic E-state index is -2.41. The van der Waals surface area contributed by atoms with Crippen molar-refractivity contribution in [2.24, 2.45) is 17.6 Å². The first-order valence-corrected chi connectivity index (χ1v) is 34.0. The van der Waals surface area contributed by atoms with E-state index in [0.717, 1.165) is 56.7 Å². The Hall–Kier alpha value is -12.0. The van der Waals surface area contributed by atoms with Gasteiger partial charge in [0.15, 0.2) is 35.2 Å². The molecule has 0 radical (unpaired) electrons. The van der Waals surface area contributed by atoms with Crippen LogP contribution in [0.15, 0.2) is 121 Å². The number of fused-ring (bicyclic) bond motifs is 18. The number of amides is 8. The van der Waals surface area contributed by atoms with Gasteiger partial charge in [-0.15, -0.1) is 0 Å². The second-order valence-electron chi connectivity index (χ2n) is 26.4. The lowest BCUT2D eigenvalue weighted by Crippen LogP contribution is -2.58. The highest BCUT2D eigenvalue weighted by atomic mass is 16.6. The summed E-state index contributed by atoms with van der Waals surface area (Å²) >= 11 is 0. The lowest BCUT2D eigenvalue weighted by molar-refractivity contribution is -0.385. The van der Waals surface area contributed by atoms with Gasteiger partial charge in [0.25, 0.3) is 5.91 Å². The molecule has 8 amide bonds. The molecule has 10 atom stereocenters. The number of nitro benzene ring substituents is 2. The monoisotopic (exact) mass is 1470 g/mol. The largest absolute Gasteiger partial charge is 0.504 e. The molecule has 0 aliphatic carbocycles. The molecule has 10 rings (SSSR count). The van der Waals surface area contributed by atoms with Crippen molar-refractivity contribution in [1.29, 1.82) is 0 Å². The summed E-state index contributed by atoms with van der Waals surface area (Å²) in [5.74, 6) is -13.2. The number of nitrogens with zero attached hydrogens (tertiary/aromatic N) is 2. The van der Waals surface area contributed by atoms with Crippen molar-refractivity contribution in [3.63, 3.8) is 0 Å². The highest BCUT2D eigenvalue weighted by molar-refractivity contribution is 5.96. The quantitative estimate of drug-likeness (QED) is 0.0207. The summed E-state index contributed by atoms with van der Waals surface area (Å²) in [5.41, 5.74) is 5.71. The van der Waals surface area contributed by atoms with E-state index in [4.69, 9.17) is 24.7 Å². The molecule has 6 aromatic carbocycles. The Labute approximate surface area is 607 Å². The molecule has 6 aromatic rings. The van der Waals surface area contributed by atoms with Crippen molar-refractivity contribution in [3.8, 4) is 46.0 Å². The van der Waals surface area contributed by atoms with Crippen molar-refractivity contribution in [2.45, 2.75) is 146 Å². The smallest absolute Gasteiger partial charge is 0.335 e. The van der Waals surface area contributed by atoms with Gasteiger partial charge in [-0.1, -0.05) is 100 Å². The number of nitrogens with two attached hydrogens (primary N) is 1. The summed E-state index contributed by atoms with van der Waals surface area (Å²) in [7, 11) is 2.30. The number of nitro groups is 2. The molecule has 106 heavy (non-hydrogen) atoms. The number of aliphatic hydroxyl groups excluding tert-OH is 2.